The fourth-order valence-corrected chi connectivity index (χ4v) is 10.8. The Morgan fingerprint density at radius 1 is 0.460 bits per heavy atom. The fraction of sp³-hybridized carbons (Fsp3) is 0.375. The molecule has 3 fully saturated rings. The summed E-state index contributed by atoms with van der Waals surface area (Å²) in [6, 6.07) is 38.6. The number of ether oxygens (including phenoxy) is 4. The summed E-state index contributed by atoms with van der Waals surface area (Å²) in [5.41, 5.74) is 7.30. The highest BCUT2D eigenvalue weighted by Gasteiger charge is 2.29. The second-order valence-corrected chi connectivity index (χ2v) is 23.9. The molecule has 0 heterocycles. The Balaban J connectivity index is 0.000000217. The molecule has 8 rings (SSSR count). The zero-order valence-corrected chi connectivity index (χ0v) is 52.8. The number of halogens is 1. The maximum absolute atomic E-state index is 13.7. The van der Waals surface area contributed by atoms with E-state index in [1.54, 1.807) is 24.3 Å². The monoisotopic (exact) mass is 1250 g/mol. The summed E-state index contributed by atoms with van der Waals surface area (Å²) in [7, 11) is 4.03. The minimum atomic E-state index is -0.536. The molecular weight excluding hydrogens is 1160 g/mol. The Morgan fingerprint density at radius 2 is 0.828 bits per heavy atom. The van der Waals surface area contributed by atoms with Crippen molar-refractivity contribution < 1.29 is 52.5 Å². The maximum atomic E-state index is 13.7. The molecule has 0 atom stereocenters. The second-order valence-electron chi connectivity index (χ2n) is 23.0. The van der Waals surface area contributed by atoms with Gasteiger partial charge in [0.15, 0.2) is 0 Å². The van der Waals surface area contributed by atoms with Gasteiger partial charge >= 0.3 is 23.9 Å². The molecule has 0 unspecified atom stereocenters. The van der Waals surface area contributed by atoms with E-state index in [9.17, 15) is 33.6 Å². The molecule has 14 nitrogen and oxygen atoms in total. The summed E-state index contributed by atoms with van der Waals surface area (Å²) in [4.78, 5) is 89.0. The van der Waals surface area contributed by atoms with Gasteiger partial charge in [0.05, 0.1) is 34.4 Å². The van der Waals surface area contributed by atoms with E-state index in [1.807, 2.05) is 152 Å². The number of rotatable bonds is 18. The first kappa shape index (κ1) is 67.9. The number of carbonyl (C=O) groups excluding carboxylic acids is 7. The van der Waals surface area contributed by atoms with Gasteiger partial charge in [0.2, 0.25) is 17.7 Å². The average Bonchev–Trinajstić information content (AvgIpc) is 3.74. The lowest BCUT2D eigenvalue weighted by atomic mass is 9.88. The third-order valence-electron chi connectivity index (χ3n) is 15.2. The Bertz CT molecular complexity index is 3200. The van der Waals surface area contributed by atoms with E-state index in [4.69, 9.17) is 4.74 Å². The third-order valence-corrected chi connectivity index (χ3v) is 15.7. The van der Waals surface area contributed by atoms with Crippen molar-refractivity contribution in [3.63, 3.8) is 0 Å². The van der Waals surface area contributed by atoms with E-state index < -0.39 is 23.5 Å². The van der Waals surface area contributed by atoms with Crippen LogP contribution >= 0.6 is 15.9 Å². The lowest BCUT2D eigenvalue weighted by Gasteiger charge is -2.30. The van der Waals surface area contributed by atoms with Gasteiger partial charge in [-0.3, -0.25) is 14.4 Å². The van der Waals surface area contributed by atoms with Crippen LogP contribution in [0.3, 0.4) is 0 Å². The van der Waals surface area contributed by atoms with Crippen molar-refractivity contribution in [1.82, 2.24) is 0 Å². The first-order valence-electron chi connectivity index (χ1n) is 30.2. The molecule has 5 aromatic rings. The molecule has 5 aromatic carbocycles. The number of hydrogen-bond acceptors (Lipinski definition) is 11. The van der Waals surface area contributed by atoms with Gasteiger partial charge in [-0.15, -0.1) is 0 Å². The topological polar surface area (TPSA) is 175 Å². The van der Waals surface area contributed by atoms with Crippen LogP contribution in [-0.2, 0) is 65.6 Å². The zero-order chi connectivity index (χ0) is 62.6. The van der Waals surface area contributed by atoms with Crippen LogP contribution in [0.1, 0.15) is 150 Å². The van der Waals surface area contributed by atoms with E-state index in [0.29, 0.717) is 13.1 Å². The highest BCUT2D eigenvalue weighted by atomic mass is 79.9. The molecule has 87 heavy (non-hydrogen) atoms. The zero-order valence-electron chi connectivity index (χ0n) is 51.2. The number of esters is 4. The SMILES string of the molecule is COC(=O)/C=C/c1cccc(N(Cc2ccc(/C=C/C(=O)OC(C)(C)C)cc2)C(=O)C2CCCCC2)c1.COC(=O)/C=C/c1cccc(N(Cc2ccc(Br)cc2)C(=O)C2CCCCC2)c1.COC(=O)/C=C/c1cccc(NC(=O)C2CCCCC2)c1. The molecule has 1 N–H and O–H groups in total. The Labute approximate surface area is 522 Å². The van der Waals surface area contributed by atoms with Crippen molar-refractivity contribution in [2.45, 2.75) is 136 Å². The molecule has 3 aliphatic rings. The van der Waals surface area contributed by atoms with Crippen LogP contribution in [0.2, 0.25) is 0 Å². The summed E-state index contributed by atoms with van der Waals surface area (Å²) in [6.45, 7) is 6.44. The first-order valence-corrected chi connectivity index (χ1v) is 31.0. The Kier molecular flexibility index (Phi) is 27.7. The predicted octanol–water partition coefficient (Wildman–Crippen LogP) is 15.5. The molecule has 460 valence electrons. The van der Waals surface area contributed by atoms with Gasteiger partial charge in [0.25, 0.3) is 0 Å². The lowest BCUT2D eigenvalue weighted by Crippen LogP contribution is -2.36. The number of nitrogens with one attached hydrogen (secondary N) is 1. The standard InChI is InChI=1S/C31H37NO5.C24H26BrNO3.C17H21NO3/c1-31(2,3)37-29(34)20-17-23-13-15-25(16-14-23)22-32(30(35)26-10-6-5-7-11-26)27-12-8-9-24(21-27)18-19-28(33)36-4;1-29-23(27)15-12-18-6-5-9-22(16-18)26(17-19-10-13-21(25)14-11-19)24(28)20-7-3-2-4-8-20;1-21-16(19)11-10-13-6-5-9-15(12-13)18-17(20)14-7-3-2-4-8-14/h8-9,12-21,26H,5-7,10-11,22H2,1-4H3;5-6,9-16,20H,2-4,7-8,17H2,1H3;5-6,9-12,14H,2-4,7-8H2,1H3,(H,18,20)/b19-18+,20-17+;15-12+;11-10+. The largest absolute Gasteiger partial charge is 0.466 e. The fourth-order valence-electron chi connectivity index (χ4n) is 10.5. The normalized spacial score (nSPS) is 14.9. The third kappa shape index (κ3) is 23.9. The van der Waals surface area contributed by atoms with Crippen LogP contribution in [0, 0.1) is 17.8 Å². The maximum Gasteiger partial charge on any atom is 0.331 e. The van der Waals surface area contributed by atoms with E-state index in [1.165, 1.54) is 64.9 Å². The number of amides is 3. The summed E-state index contributed by atoms with van der Waals surface area (Å²) in [5.74, 6) is -0.982. The van der Waals surface area contributed by atoms with E-state index in [0.717, 1.165) is 132 Å². The van der Waals surface area contributed by atoms with E-state index in [-0.39, 0.29) is 41.4 Å². The summed E-state index contributed by atoms with van der Waals surface area (Å²) in [5, 5.41) is 2.96. The van der Waals surface area contributed by atoms with Crippen molar-refractivity contribution in [1.29, 1.82) is 0 Å². The number of nitrogens with zero attached hydrogens (tertiary/aromatic N) is 2. The molecule has 0 aromatic heterocycles. The molecule has 3 amide bonds. The highest BCUT2D eigenvalue weighted by molar-refractivity contribution is 9.10. The quantitative estimate of drug-likeness (QED) is 0.0502. The van der Waals surface area contributed by atoms with Gasteiger partial charge in [-0.05, 0) is 166 Å². The number of benzene rings is 5. The van der Waals surface area contributed by atoms with Gasteiger partial charge < -0.3 is 34.1 Å². The first-order chi connectivity index (χ1) is 41.9. The number of carbonyl (C=O) groups is 7. The van der Waals surface area contributed by atoms with Crippen LogP contribution in [0.4, 0.5) is 17.1 Å². The minimum absolute atomic E-state index is 0.0130. The summed E-state index contributed by atoms with van der Waals surface area (Å²) in [6.07, 6.45) is 28.3. The molecule has 3 aliphatic carbocycles. The van der Waals surface area contributed by atoms with Crippen molar-refractivity contribution in [3.05, 3.63) is 183 Å². The smallest absolute Gasteiger partial charge is 0.331 e. The Morgan fingerprint density at radius 3 is 1.24 bits per heavy atom. The molecule has 15 heteroatoms. The van der Waals surface area contributed by atoms with Crippen LogP contribution in [0.25, 0.3) is 24.3 Å². The van der Waals surface area contributed by atoms with Gasteiger partial charge in [-0.25, -0.2) is 19.2 Å². The average molecular weight is 1250 g/mol. The lowest BCUT2D eigenvalue weighted by molar-refractivity contribution is -0.148. The number of anilines is 3. The summed E-state index contributed by atoms with van der Waals surface area (Å²) >= 11 is 3.47. The summed E-state index contributed by atoms with van der Waals surface area (Å²) < 4.78 is 20.2. The van der Waals surface area contributed by atoms with Gasteiger partial charge in [-0.2, -0.15) is 0 Å². The molecular formula is C72H84BrN3O11. The molecule has 3 saturated carbocycles. The molecule has 0 saturated heterocycles. The molecule has 0 radical (unpaired) electrons. The van der Waals surface area contributed by atoms with Gasteiger partial charge in [0.1, 0.15) is 5.60 Å². The minimum Gasteiger partial charge on any atom is -0.466 e. The van der Waals surface area contributed by atoms with E-state index >= 15 is 0 Å². The molecule has 0 spiro atoms. The Hall–Kier alpha value is -8.17. The highest BCUT2D eigenvalue weighted by Crippen LogP contribution is 2.32. The van der Waals surface area contributed by atoms with Crippen LogP contribution in [0.5, 0.6) is 0 Å². The van der Waals surface area contributed by atoms with Crippen molar-refractivity contribution in [2.75, 3.05) is 36.4 Å². The predicted molar refractivity (Wildman–Crippen MR) is 349 cm³/mol. The number of hydrogen-bond donors (Lipinski definition) is 1. The molecule has 0 aliphatic heterocycles. The second kappa shape index (κ2) is 35.5. The van der Waals surface area contributed by atoms with Crippen LogP contribution in [-0.4, -0.2) is 68.5 Å². The van der Waals surface area contributed by atoms with Gasteiger partial charge in [-0.1, -0.05) is 147 Å². The van der Waals surface area contributed by atoms with Crippen LogP contribution in [0.15, 0.2) is 150 Å². The van der Waals surface area contributed by atoms with E-state index in [2.05, 4.69) is 35.5 Å². The van der Waals surface area contributed by atoms with Crippen molar-refractivity contribution in [3.8, 4) is 0 Å². The van der Waals surface area contributed by atoms with Crippen LogP contribution < -0.4 is 15.1 Å². The van der Waals surface area contributed by atoms with Gasteiger partial charge in [0, 0.05) is 63.6 Å². The van der Waals surface area contributed by atoms with Crippen molar-refractivity contribution >= 4 is 98.9 Å². The molecule has 0 bridgehead atoms. The van der Waals surface area contributed by atoms with Crippen molar-refractivity contribution in [2.24, 2.45) is 17.8 Å². The number of methoxy groups -OCH3 is 3.